The Bertz CT molecular complexity index is 453. The first-order valence-electron chi connectivity index (χ1n) is 7.74. The number of rotatable bonds is 8. The first-order chi connectivity index (χ1) is 10.8. The minimum Gasteiger partial charge on any atom is -0.497 e. The van der Waals surface area contributed by atoms with Crippen molar-refractivity contribution in [2.75, 3.05) is 52.1 Å². The molecule has 1 aromatic rings. The Hall–Kier alpha value is -0.950. The zero-order valence-electron chi connectivity index (χ0n) is 13.5. The molecule has 0 atom stereocenters. The van der Waals surface area contributed by atoms with Gasteiger partial charge in [-0.1, -0.05) is 0 Å². The van der Waals surface area contributed by atoms with Crippen LogP contribution in [-0.2, 0) is 4.79 Å². The summed E-state index contributed by atoms with van der Waals surface area (Å²) in [7, 11) is 1.65. The Morgan fingerprint density at radius 1 is 1.30 bits per heavy atom. The van der Waals surface area contributed by atoms with E-state index in [0.717, 1.165) is 56.3 Å². The quantitative estimate of drug-likeness (QED) is 0.545. The summed E-state index contributed by atoms with van der Waals surface area (Å²) in [5.41, 5.74) is 0. The zero-order valence-corrected chi connectivity index (χ0v) is 15.2. The minimum absolute atomic E-state index is 0. The van der Waals surface area contributed by atoms with Crippen molar-refractivity contribution >= 4 is 30.1 Å². The van der Waals surface area contributed by atoms with Crippen LogP contribution in [0.3, 0.4) is 0 Å². The molecule has 7 heteroatoms. The molecule has 1 aliphatic heterocycles. The number of carbonyl (C=O) groups excluding carboxylic acids is 1. The van der Waals surface area contributed by atoms with Crippen LogP contribution in [0.4, 0.5) is 0 Å². The van der Waals surface area contributed by atoms with Gasteiger partial charge >= 0.3 is 0 Å². The number of halogens is 1. The number of ether oxygens (including phenoxy) is 1. The fourth-order valence-electron chi connectivity index (χ4n) is 2.34. The number of benzene rings is 1. The Labute approximate surface area is 148 Å². The van der Waals surface area contributed by atoms with E-state index in [9.17, 15) is 4.79 Å². The maximum absolute atomic E-state index is 11.8. The van der Waals surface area contributed by atoms with Gasteiger partial charge in [-0.3, -0.25) is 4.79 Å². The predicted molar refractivity (Wildman–Crippen MR) is 97.9 cm³/mol. The molecule has 23 heavy (non-hydrogen) atoms. The van der Waals surface area contributed by atoms with Crippen LogP contribution in [0.1, 0.15) is 6.42 Å². The molecule has 2 N–H and O–H groups in total. The van der Waals surface area contributed by atoms with Crippen LogP contribution in [0.2, 0.25) is 0 Å². The first-order valence-corrected chi connectivity index (χ1v) is 8.73. The van der Waals surface area contributed by atoms with Gasteiger partial charge in [-0.05, 0) is 37.2 Å². The number of methoxy groups -OCH3 is 1. The van der Waals surface area contributed by atoms with E-state index in [4.69, 9.17) is 4.74 Å². The van der Waals surface area contributed by atoms with Gasteiger partial charge in [0.2, 0.25) is 5.91 Å². The molecule has 1 aromatic carbocycles. The van der Waals surface area contributed by atoms with Gasteiger partial charge in [0.25, 0.3) is 0 Å². The number of hydrogen-bond acceptors (Lipinski definition) is 5. The van der Waals surface area contributed by atoms with Crippen LogP contribution in [0.15, 0.2) is 29.2 Å². The molecule has 0 unspecified atom stereocenters. The summed E-state index contributed by atoms with van der Waals surface area (Å²) in [4.78, 5) is 15.3. The molecule has 130 valence electrons. The summed E-state index contributed by atoms with van der Waals surface area (Å²) < 4.78 is 5.11. The lowest BCUT2D eigenvalue weighted by Crippen LogP contribution is -2.44. The standard InChI is InChI=1S/C16H25N3O2S.ClH/c1-21-14-3-5-15(6-4-14)22-13-16(20)18-7-2-10-19-11-8-17-9-12-19;/h3-6,17H,2,7-13H2,1H3,(H,18,20);1H. The topological polar surface area (TPSA) is 53.6 Å². The highest BCUT2D eigenvalue weighted by Crippen LogP contribution is 2.20. The maximum Gasteiger partial charge on any atom is 0.230 e. The smallest absolute Gasteiger partial charge is 0.230 e. The summed E-state index contributed by atoms with van der Waals surface area (Å²) in [5.74, 6) is 1.39. The second-order valence-electron chi connectivity index (χ2n) is 5.26. The lowest BCUT2D eigenvalue weighted by Gasteiger charge is -2.27. The number of thioether (sulfide) groups is 1. The van der Waals surface area contributed by atoms with Gasteiger partial charge < -0.3 is 20.3 Å². The molecular weight excluding hydrogens is 334 g/mol. The summed E-state index contributed by atoms with van der Waals surface area (Å²) in [6.45, 7) is 6.19. The molecule has 0 aromatic heterocycles. The average molecular weight is 360 g/mol. The van der Waals surface area contributed by atoms with Crippen molar-refractivity contribution in [3.8, 4) is 5.75 Å². The molecule has 1 saturated heterocycles. The van der Waals surface area contributed by atoms with Gasteiger partial charge in [0.15, 0.2) is 0 Å². The van der Waals surface area contributed by atoms with Crippen LogP contribution >= 0.6 is 24.2 Å². The Morgan fingerprint density at radius 2 is 2.00 bits per heavy atom. The SMILES string of the molecule is COc1ccc(SCC(=O)NCCCN2CCNCC2)cc1.Cl. The summed E-state index contributed by atoms with van der Waals surface area (Å²) in [6, 6.07) is 7.77. The van der Waals surface area contributed by atoms with E-state index < -0.39 is 0 Å². The van der Waals surface area contributed by atoms with Crippen molar-refractivity contribution in [2.45, 2.75) is 11.3 Å². The van der Waals surface area contributed by atoms with E-state index in [1.165, 1.54) is 0 Å². The highest BCUT2D eigenvalue weighted by molar-refractivity contribution is 8.00. The average Bonchev–Trinajstić information content (AvgIpc) is 2.58. The Morgan fingerprint density at radius 3 is 2.65 bits per heavy atom. The maximum atomic E-state index is 11.8. The van der Waals surface area contributed by atoms with Gasteiger partial charge in [0.1, 0.15) is 5.75 Å². The van der Waals surface area contributed by atoms with Crippen LogP contribution in [-0.4, -0.2) is 62.9 Å². The number of nitrogens with one attached hydrogen (secondary N) is 2. The van der Waals surface area contributed by atoms with E-state index in [0.29, 0.717) is 5.75 Å². The number of hydrogen-bond donors (Lipinski definition) is 2. The molecule has 2 rings (SSSR count). The molecule has 0 spiro atoms. The molecule has 0 saturated carbocycles. The van der Waals surface area contributed by atoms with E-state index in [1.54, 1.807) is 18.9 Å². The monoisotopic (exact) mass is 359 g/mol. The van der Waals surface area contributed by atoms with Crippen molar-refractivity contribution < 1.29 is 9.53 Å². The first kappa shape index (κ1) is 20.1. The van der Waals surface area contributed by atoms with Crippen molar-refractivity contribution in [3.05, 3.63) is 24.3 Å². The van der Waals surface area contributed by atoms with E-state index >= 15 is 0 Å². The van der Waals surface area contributed by atoms with E-state index in [-0.39, 0.29) is 18.3 Å². The second kappa shape index (κ2) is 11.6. The molecule has 0 radical (unpaired) electrons. The Kier molecular flexibility index (Phi) is 10.1. The summed E-state index contributed by atoms with van der Waals surface area (Å²) in [6.07, 6.45) is 1.01. The number of nitrogens with zero attached hydrogens (tertiary/aromatic N) is 1. The Balaban J connectivity index is 0.00000264. The van der Waals surface area contributed by atoms with E-state index in [2.05, 4.69) is 15.5 Å². The van der Waals surface area contributed by atoms with Gasteiger partial charge in [-0.15, -0.1) is 24.2 Å². The fourth-order valence-corrected chi connectivity index (χ4v) is 3.07. The highest BCUT2D eigenvalue weighted by atomic mass is 35.5. The second-order valence-corrected chi connectivity index (χ2v) is 6.31. The number of amides is 1. The summed E-state index contributed by atoms with van der Waals surface area (Å²) >= 11 is 1.55. The largest absolute Gasteiger partial charge is 0.497 e. The number of carbonyl (C=O) groups is 1. The van der Waals surface area contributed by atoms with Crippen molar-refractivity contribution in [1.29, 1.82) is 0 Å². The minimum atomic E-state index is 0. The van der Waals surface area contributed by atoms with Crippen LogP contribution in [0.5, 0.6) is 5.75 Å². The van der Waals surface area contributed by atoms with Gasteiger partial charge in [0, 0.05) is 37.6 Å². The normalized spacial score (nSPS) is 14.8. The zero-order chi connectivity index (χ0) is 15.6. The van der Waals surface area contributed by atoms with Gasteiger partial charge in [0.05, 0.1) is 12.9 Å². The van der Waals surface area contributed by atoms with Crippen molar-refractivity contribution in [2.24, 2.45) is 0 Å². The van der Waals surface area contributed by atoms with Gasteiger partial charge in [-0.2, -0.15) is 0 Å². The third-order valence-corrected chi connectivity index (χ3v) is 4.62. The van der Waals surface area contributed by atoms with Gasteiger partial charge in [-0.25, -0.2) is 0 Å². The molecule has 5 nitrogen and oxygen atoms in total. The van der Waals surface area contributed by atoms with Crippen LogP contribution in [0.25, 0.3) is 0 Å². The van der Waals surface area contributed by atoms with E-state index in [1.807, 2.05) is 24.3 Å². The van der Waals surface area contributed by atoms with Crippen LogP contribution < -0.4 is 15.4 Å². The molecule has 1 heterocycles. The molecule has 1 aliphatic rings. The lowest BCUT2D eigenvalue weighted by molar-refractivity contribution is -0.118. The van der Waals surface area contributed by atoms with Crippen LogP contribution in [0, 0.1) is 0 Å². The molecular formula is C16H26ClN3O2S. The fraction of sp³-hybridized carbons (Fsp3) is 0.562. The third kappa shape index (κ3) is 7.92. The predicted octanol–water partition coefficient (Wildman–Crippen LogP) is 1.62. The molecule has 0 bridgehead atoms. The van der Waals surface area contributed by atoms with Crippen molar-refractivity contribution in [1.82, 2.24) is 15.5 Å². The third-order valence-electron chi connectivity index (χ3n) is 3.61. The van der Waals surface area contributed by atoms with Crippen molar-refractivity contribution in [3.63, 3.8) is 0 Å². The highest BCUT2D eigenvalue weighted by Gasteiger charge is 2.08. The lowest BCUT2D eigenvalue weighted by atomic mass is 10.3. The number of piperazine rings is 1. The summed E-state index contributed by atoms with van der Waals surface area (Å²) in [5, 5.41) is 6.33. The molecule has 1 fully saturated rings. The molecule has 0 aliphatic carbocycles. The molecule has 1 amide bonds.